The van der Waals surface area contributed by atoms with Gasteiger partial charge in [0.2, 0.25) is 5.91 Å². The average molecular weight is 419 g/mol. The summed E-state index contributed by atoms with van der Waals surface area (Å²) in [6.07, 6.45) is 4.00. The van der Waals surface area contributed by atoms with Crippen molar-refractivity contribution in [1.29, 1.82) is 0 Å². The highest BCUT2D eigenvalue weighted by molar-refractivity contribution is 5.94. The molecule has 8 nitrogen and oxygen atoms in total. The fourth-order valence-electron chi connectivity index (χ4n) is 3.17. The molecule has 0 aliphatic heterocycles. The molecule has 5 rings (SSSR count). The predicted molar refractivity (Wildman–Crippen MR) is 122 cm³/mol. The molecule has 1 aliphatic carbocycles. The Balaban J connectivity index is 0.000000152. The van der Waals surface area contributed by atoms with Gasteiger partial charge >= 0.3 is 0 Å². The van der Waals surface area contributed by atoms with Crippen molar-refractivity contribution < 1.29 is 9.53 Å². The lowest BCUT2D eigenvalue weighted by molar-refractivity contribution is -0.117. The van der Waals surface area contributed by atoms with Gasteiger partial charge in [0.15, 0.2) is 5.82 Å². The number of rotatable bonds is 5. The van der Waals surface area contributed by atoms with Gasteiger partial charge in [-0.3, -0.25) is 14.6 Å². The number of H-pyrrole nitrogens is 1. The SMILES string of the molecule is COc1ccc(NC(=O)C2CC2)cc1.Cc1nn(C)cc1Nc1n[nH]c2ccccc12. The summed E-state index contributed by atoms with van der Waals surface area (Å²) in [5, 5.41) is 18.8. The number of nitrogens with zero attached hydrogens (tertiary/aromatic N) is 3. The van der Waals surface area contributed by atoms with Crippen LogP contribution < -0.4 is 15.4 Å². The van der Waals surface area contributed by atoms with Gasteiger partial charge in [-0.2, -0.15) is 10.2 Å². The fourth-order valence-corrected chi connectivity index (χ4v) is 3.17. The lowest BCUT2D eigenvalue weighted by atomic mass is 10.2. The maximum Gasteiger partial charge on any atom is 0.227 e. The van der Waals surface area contributed by atoms with Gasteiger partial charge in [-0.15, -0.1) is 0 Å². The van der Waals surface area contributed by atoms with Crippen LogP contribution in [0, 0.1) is 12.8 Å². The third-order valence-electron chi connectivity index (χ3n) is 5.04. The number of fused-ring (bicyclic) bond motifs is 1. The van der Waals surface area contributed by atoms with E-state index >= 15 is 0 Å². The van der Waals surface area contributed by atoms with Crippen LogP contribution in [0.4, 0.5) is 17.2 Å². The van der Waals surface area contributed by atoms with Gasteiger partial charge in [-0.25, -0.2) is 0 Å². The number of hydrogen-bond donors (Lipinski definition) is 3. The van der Waals surface area contributed by atoms with Crippen LogP contribution in [0.1, 0.15) is 18.5 Å². The number of aromatic nitrogens is 4. The van der Waals surface area contributed by atoms with E-state index in [2.05, 4.69) is 25.9 Å². The van der Waals surface area contributed by atoms with E-state index in [9.17, 15) is 4.79 Å². The Kier molecular flexibility index (Phi) is 5.88. The number of aromatic amines is 1. The van der Waals surface area contributed by atoms with E-state index in [4.69, 9.17) is 4.74 Å². The molecule has 0 bridgehead atoms. The largest absolute Gasteiger partial charge is 0.497 e. The Labute approximate surface area is 180 Å². The minimum absolute atomic E-state index is 0.134. The van der Waals surface area contributed by atoms with Crippen molar-refractivity contribution in [3.63, 3.8) is 0 Å². The molecule has 0 saturated heterocycles. The third kappa shape index (κ3) is 5.03. The van der Waals surface area contributed by atoms with Crippen molar-refractivity contribution >= 4 is 34.0 Å². The molecular formula is C23H26N6O2. The number of anilines is 3. The van der Waals surface area contributed by atoms with Crippen molar-refractivity contribution in [2.24, 2.45) is 13.0 Å². The molecule has 31 heavy (non-hydrogen) atoms. The molecule has 2 aromatic heterocycles. The Bertz CT molecular complexity index is 1170. The smallest absolute Gasteiger partial charge is 0.227 e. The van der Waals surface area contributed by atoms with Crippen molar-refractivity contribution in [3.8, 4) is 5.75 Å². The van der Waals surface area contributed by atoms with Crippen LogP contribution in [0.25, 0.3) is 10.9 Å². The Hall–Kier alpha value is -3.81. The minimum atomic E-state index is 0.134. The van der Waals surface area contributed by atoms with Crippen molar-refractivity contribution in [2.45, 2.75) is 19.8 Å². The highest BCUT2D eigenvalue weighted by Crippen LogP contribution is 2.30. The van der Waals surface area contributed by atoms with Crippen LogP contribution >= 0.6 is 0 Å². The maximum atomic E-state index is 11.4. The molecule has 1 fully saturated rings. The molecule has 8 heteroatoms. The first-order chi connectivity index (χ1) is 15.0. The van der Waals surface area contributed by atoms with E-state index in [1.165, 1.54) is 0 Å². The molecule has 0 radical (unpaired) electrons. The first kappa shape index (κ1) is 20.5. The molecule has 160 valence electrons. The van der Waals surface area contributed by atoms with Crippen LogP contribution in [-0.4, -0.2) is 33.0 Å². The summed E-state index contributed by atoms with van der Waals surface area (Å²) in [5.41, 5.74) is 3.79. The molecule has 1 aliphatic rings. The first-order valence-electron chi connectivity index (χ1n) is 10.2. The number of ether oxygens (including phenoxy) is 1. The van der Waals surface area contributed by atoms with Crippen LogP contribution in [0.3, 0.4) is 0 Å². The lowest BCUT2D eigenvalue weighted by Crippen LogP contribution is -2.12. The molecule has 2 aromatic carbocycles. The molecule has 1 saturated carbocycles. The van der Waals surface area contributed by atoms with Gasteiger partial charge in [0.1, 0.15) is 5.75 Å². The number of aryl methyl sites for hydroxylation is 2. The van der Waals surface area contributed by atoms with E-state index in [-0.39, 0.29) is 11.8 Å². The van der Waals surface area contributed by atoms with Gasteiger partial charge in [0.05, 0.1) is 24.0 Å². The minimum Gasteiger partial charge on any atom is -0.497 e. The second-order valence-electron chi connectivity index (χ2n) is 7.54. The van der Waals surface area contributed by atoms with Gasteiger partial charge < -0.3 is 15.4 Å². The van der Waals surface area contributed by atoms with E-state index in [0.29, 0.717) is 0 Å². The van der Waals surface area contributed by atoms with Gasteiger partial charge in [-0.1, -0.05) is 12.1 Å². The van der Waals surface area contributed by atoms with Gasteiger partial charge in [0.25, 0.3) is 0 Å². The summed E-state index contributed by atoms with van der Waals surface area (Å²) >= 11 is 0. The number of carbonyl (C=O) groups is 1. The van der Waals surface area contributed by atoms with Crippen LogP contribution in [0.2, 0.25) is 0 Å². The molecule has 2 heterocycles. The molecule has 3 N–H and O–H groups in total. The van der Waals surface area contributed by atoms with E-state index in [1.807, 2.05) is 68.7 Å². The maximum absolute atomic E-state index is 11.4. The van der Waals surface area contributed by atoms with Crippen LogP contribution in [0.15, 0.2) is 54.7 Å². The monoisotopic (exact) mass is 418 g/mol. The van der Waals surface area contributed by atoms with Gasteiger partial charge in [-0.05, 0) is 56.2 Å². The van der Waals surface area contributed by atoms with Crippen molar-refractivity contribution in [2.75, 3.05) is 17.7 Å². The second-order valence-corrected chi connectivity index (χ2v) is 7.54. The summed E-state index contributed by atoms with van der Waals surface area (Å²) in [4.78, 5) is 11.4. The normalized spacial score (nSPS) is 12.7. The fraction of sp³-hybridized carbons (Fsp3) is 0.261. The summed E-state index contributed by atoms with van der Waals surface area (Å²) in [7, 11) is 3.53. The first-order valence-corrected chi connectivity index (χ1v) is 10.2. The Morgan fingerprint density at radius 3 is 2.55 bits per heavy atom. The molecule has 1 amide bonds. The van der Waals surface area contributed by atoms with Crippen LogP contribution in [0.5, 0.6) is 5.75 Å². The Morgan fingerprint density at radius 2 is 1.90 bits per heavy atom. The summed E-state index contributed by atoms with van der Waals surface area (Å²) < 4.78 is 6.81. The standard InChI is InChI=1S/C12H13N5.C11H13NO2/c1-8-11(7-17(2)16-8)13-12-9-5-3-4-6-10(9)14-15-12;1-14-10-6-4-9(5-7-10)12-11(13)8-2-3-8/h3-7H,1-2H3,(H2,13,14,15);4-8H,2-3H2,1H3,(H,12,13). The number of nitrogens with one attached hydrogen (secondary N) is 3. The highest BCUT2D eigenvalue weighted by atomic mass is 16.5. The molecule has 0 unspecified atom stereocenters. The van der Waals surface area contributed by atoms with E-state index in [0.717, 1.165) is 52.4 Å². The topological polar surface area (TPSA) is 96.9 Å². The van der Waals surface area contributed by atoms with Gasteiger partial charge in [0, 0.05) is 30.2 Å². The number of methoxy groups -OCH3 is 1. The summed E-state index contributed by atoms with van der Waals surface area (Å²) in [6.45, 7) is 1.97. The molecule has 0 spiro atoms. The third-order valence-corrected chi connectivity index (χ3v) is 5.04. The summed E-state index contributed by atoms with van der Waals surface area (Å²) in [5.74, 6) is 2.01. The highest BCUT2D eigenvalue weighted by Gasteiger charge is 2.29. The second kappa shape index (κ2) is 8.91. The van der Waals surface area contributed by atoms with E-state index < -0.39 is 0 Å². The number of para-hydroxylation sites is 1. The predicted octanol–water partition coefficient (Wildman–Crippen LogP) is 4.39. The number of amides is 1. The van der Waals surface area contributed by atoms with Crippen molar-refractivity contribution in [3.05, 3.63) is 60.4 Å². The van der Waals surface area contributed by atoms with Crippen molar-refractivity contribution in [1.82, 2.24) is 20.0 Å². The quantitative estimate of drug-likeness (QED) is 0.447. The zero-order valence-corrected chi connectivity index (χ0v) is 17.8. The average Bonchev–Trinajstić information content (AvgIpc) is 3.49. The Morgan fingerprint density at radius 1 is 1.16 bits per heavy atom. The summed E-state index contributed by atoms with van der Waals surface area (Å²) in [6, 6.07) is 15.4. The zero-order chi connectivity index (χ0) is 21.8. The molecule has 0 atom stereocenters. The molecule has 4 aromatic rings. The van der Waals surface area contributed by atoms with Crippen LogP contribution in [-0.2, 0) is 11.8 Å². The zero-order valence-electron chi connectivity index (χ0n) is 17.8. The number of carbonyl (C=O) groups excluding carboxylic acids is 1. The number of benzene rings is 2. The lowest BCUT2D eigenvalue weighted by Gasteiger charge is -2.04. The molecular weight excluding hydrogens is 392 g/mol. The number of hydrogen-bond acceptors (Lipinski definition) is 5. The van der Waals surface area contributed by atoms with E-state index in [1.54, 1.807) is 11.8 Å².